The first-order valence-corrected chi connectivity index (χ1v) is 5.30. The first-order valence-electron chi connectivity index (χ1n) is 4.42. The molecule has 0 aliphatic heterocycles. The smallest absolute Gasteiger partial charge is 0.115 e. The summed E-state index contributed by atoms with van der Waals surface area (Å²) in [6, 6.07) is 9.63. The molecular weight excluding hydrogens is 194 g/mol. The summed E-state index contributed by atoms with van der Waals surface area (Å²) in [6.07, 6.45) is -0.538. The number of aliphatic hydroxyl groups excluding tert-OH is 1. The van der Waals surface area contributed by atoms with Crippen molar-refractivity contribution in [1.29, 1.82) is 0 Å². The highest BCUT2D eigenvalue weighted by Gasteiger charge is 2.14. The van der Waals surface area contributed by atoms with Gasteiger partial charge in [0.15, 0.2) is 0 Å². The van der Waals surface area contributed by atoms with E-state index in [0.717, 1.165) is 16.1 Å². The van der Waals surface area contributed by atoms with Crippen LogP contribution in [0.4, 0.5) is 0 Å². The van der Waals surface area contributed by atoms with E-state index >= 15 is 0 Å². The molecule has 1 atom stereocenters. The molecule has 14 heavy (non-hydrogen) atoms. The first kappa shape index (κ1) is 9.37. The monoisotopic (exact) mass is 205 g/mol. The van der Waals surface area contributed by atoms with Gasteiger partial charge in [0.25, 0.3) is 0 Å². The van der Waals surface area contributed by atoms with Crippen LogP contribution < -0.4 is 0 Å². The molecule has 2 aromatic rings. The summed E-state index contributed by atoms with van der Waals surface area (Å²) >= 11 is 1.49. The molecule has 0 fully saturated rings. The van der Waals surface area contributed by atoms with Gasteiger partial charge in [-0.25, -0.2) is 4.98 Å². The Kier molecular flexibility index (Phi) is 2.61. The largest absolute Gasteiger partial charge is 0.383 e. The highest BCUT2D eigenvalue weighted by Crippen LogP contribution is 2.27. The standard InChI is InChI=1S/C11H11NOS/c1-8-11(14-7-12-8)10(13)9-5-3-2-4-6-9/h2-7,10,13H,1H3/t10-/m1/s1. The van der Waals surface area contributed by atoms with Gasteiger partial charge in [0.2, 0.25) is 0 Å². The number of thiazole rings is 1. The number of hydrogen-bond acceptors (Lipinski definition) is 3. The molecule has 72 valence electrons. The second-order valence-corrected chi connectivity index (χ2v) is 4.00. The van der Waals surface area contributed by atoms with Crippen LogP contribution in [-0.4, -0.2) is 10.1 Å². The van der Waals surface area contributed by atoms with Crippen LogP contribution in [0, 0.1) is 6.92 Å². The number of benzene rings is 1. The van der Waals surface area contributed by atoms with E-state index in [1.165, 1.54) is 11.3 Å². The Morgan fingerprint density at radius 2 is 2.00 bits per heavy atom. The Morgan fingerprint density at radius 3 is 2.57 bits per heavy atom. The average molecular weight is 205 g/mol. The molecule has 3 heteroatoms. The lowest BCUT2D eigenvalue weighted by molar-refractivity contribution is 0.223. The maximum absolute atomic E-state index is 10.0. The maximum Gasteiger partial charge on any atom is 0.115 e. The molecular formula is C11H11NOS. The third-order valence-electron chi connectivity index (χ3n) is 2.15. The molecule has 0 aliphatic rings. The fraction of sp³-hybridized carbons (Fsp3) is 0.182. The van der Waals surface area contributed by atoms with Gasteiger partial charge in [-0.05, 0) is 12.5 Å². The second kappa shape index (κ2) is 3.90. The summed E-state index contributed by atoms with van der Waals surface area (Å²) in [4.78, 5) is 5.05. The summed E-state index contributed by atoms with van der Waals surface area (Å²) < 4.78 is 0. The molecule has 0 radical (unpaired) electrons. The van der Waals surface area contributed by atoms with E-state index in [9.17, 15) is 5.11 Å². The third kappa shape index (κ3) is 1.69. The van der Waals surface area contributed by atoms with E-state index in [4.69, 9.17) is 0 Å². The van der Waals surface area contributed by atoms with Gasteiger partial charge in [0.1, 0.15) is 6.10 Å². The Hall–Kier alpha value is -1.19. The summed E-state index contributed by atoms with van der Waals surface area (Å²) in [5, 5.41) is 10.0. The van der Waals surface area contributed by atoms with E-state index < -0.39 is 6.10 Å². The van der Waals surface area contributed by atoms with Crippen LogP contribution in [0.2, 0.25) is 0 Å². The highest BCUT2D eigenvalue weighted by atomic mass is 32.1. The second-order valence-electron chi connectivity index (χ2n) is 3.12. The molecule has 1 aromatic heterocycles. The predicted molar refractivity (Wildman–Crippen MR) is 57.4 cm³/mol. The minimum Gasteiger partial charge on any atom is -0.383 e. The lowest BCUT2D eigenvalue weighted by Crippen LogP contribution is -1.98. The number of aliphatic hydroxyl groups is 1. The fourth-order valence-corrected chi connectivity index (χ4v) is 2.17. The summed E-state index contributed by atoms with van der Waals surface area (Å²) in [7, 11) is 0. The van der Waals surface area contributed by atoms with Gasteiger partial charge in [0, 0.05) is 0 Å². The van der Waals surface area contributed by atoms with E-state index in [0.29, 0.717) is 0 Å². The average Bonchev–Trinajstić information content (AvgIpc) is 2.65. The molecule has 1 N–H and O–H groups in total. The molecule has 0 aliphatic carbocycles. The lowest BCUT2D eigenvalue weighted by Gasteiger charge is -2.08. The van der Waals surface area contributed by atoms with Crippen molar-refractivity contribution in [2.75, 3.05) is 0 Å². The van der Waals surface area contributed by atoms with Crippen LogP contribution in [0.1, 0.15) is 22.2 Å². The SMILES string of the molecule is Cc1ncsc1[C@H](O)c1ccccc1. The van der Waals surface area contributed by atoms with Gasteiger partial charge in [0.05, 0.1) is 16.1 Å². The van der Waals surface area contributed by atoms with E-state index in [-0.39, 0.29) is 0 Å². The molecule has 0 saturated carbocycles. The molecule has 0 saturated heterocycles. The van der Waals surface area contributed by atoms with Crippen molar-refractivity contribution in [3.63, 3.8) is 0 Å². The van der Waals surface area contributed by atoms with Crippen molar-refractivity contribution in [3.8, 4) is 0 Å². The van der Waals surface area contributed by atoms with E-state index in [2.05, 4.69) is 4.98 Å². The number of rotatable bonds is 2. The molecule has 0 bridgehead atoms. The van der Waals surface area contributed by atoms with Crippen molar-refractivity contribution < 1.29 is 5.11 Å². The molecule has 1 heterocycles. The third-order valence-corrected chi connectivity index (χ3v) is 3.13. The highest BCUT2D eigenvalue weighted by molar-refractivity contribution is 7.09. The van der Waals surface area contributed by atoms with Gasteiger partial charge in [-0.1, -0.05) is 30.3 Å². The molecule has 1 aromatic carbocycles. The molecule has 2 nitrogen and oxygen atoms in total. The predicted octanol–water partition coefficient (Wildman–Crippen LogP) is 2.53. The zero-order chi connectivity index (χ0) is 9.97. The van der Waals surface area contributed by atoms with Crippen LogP contribution >= 0.6 is 11.3 Å². The van der Waals surface area contributed by atoms with Gasteiger partial charge in [-0.2, -0.15) is 0 Å². The summed E-state index contributed by atoms with van der Waals surface area (Å²) in [6.45, 7) is 1.91. The van der Waals surface area contributed by atoms with Crippen molar-refractivity contribution in [2.45, 2.75) is 13.0 Å². The molecule has 2 rings (SSSR count). The van der Waals surface area contributed by atoms with E-state index in [1.54, 1.807) is 5.51 Å². The Morgan fingerprint density at radius 1 is 1.29 bits per heavy atom. The lowest BCUT2D eigenvalue weighted by atomic mass is 10.1. The summed E-state index contributed by atoms with van der Waals surface area (Å²) in [5.74, 6) is 0. The maximum atomic E-state index is 10.0. The van der Waals surface area contributed by atoms with Crippen LogP contribution in [-0.2, 0) is 0 Å². The topological polar surface area (TPSA) is 33.1 Å². The van der Waals surface area contributed by atoms with Crippen LogP contribution in [0.15, 0.2) is 35.8 Å². The minimum atomic E-state index is -0.538. The van der Waals surface area contributed by atoms with Gasteiger partial charge in [-0.15, -0.1) is 11.3 Å². The Balaban J connectivity index is 2.34. The molecule has 0 spiro atoms. The van der Waals surface area contributed by atoms with Crippen molar-refractivity contribution >= 4 is 11.3 Å². The quantitative estimate of drug-likeness (QED) is 0.817. The van der Waals surface area contributed by atoms with Crippen molar-refractivity contribution in [1.82, 2.24) is 4.98 Å². The van der Waals surface area contributed by atoms with Gasteiger partial charge < -0.3 is 5.11 Å². The fourth-order valence-electron chi connectivity index (χ4n) is 1.36. The normalized spacial score (nSPS) is 12.7. The Bertz CT molecular complexity index is 410. The number of nitrogens with zero attached hydrogens (tertiary/aromatic N) is 1. The van der Waals surface area contributed by atoms with Crippen LogP contribution in [0.3, 0.4) is 0 Å². The number of hydrogen-bond donors (Lipinski definition) is 1. The van der Waals surface area contributed by atoms with E-state index in [1.807, 2.05) is 37.3 Å². The van der Waals surface area contributed by atoms with Gasteiger partial charge in [-0.3, -0.25) is 0 Å². The Labute approximate surface area is 86.9 Å². The zero-order valence-corrected chi connectivity index (χ0v) is 8.66. The zero-order valence-electron chi connectivity index (χ0n) is 7.84. The first-order chi connectivity index (χ1) is 6.79. The molecule has 0 unspecified atom stereocenters. The number of aryl methyl sites for hydroxylation is 1. The molecule has 0 amide bonds. The van der Waals surface area contributed by atoms with Crippen molar-refractivity contribution in [3.05, 3.63) is 52.0 Å². The van der Waals surface area contributed by atoms with Crippen molar-refractivity contribution in [2.24, 2.45) is 0 Å². The van der Waals surface area contributed by atoms with Gasteiger partial charge >= 0.3 is 0 Å². The minimum absolute atomic E-state index is 0.538. The van der Waals surface area contributed by atoms with Crippen LogP contribution in [0.5, 0.6) is 0 Å². The number of aromatic nitrogens is 1. The summed E-state index contributed by atoms with van der Waals surface area (Å²) in [5.41, 5.74) is 3.59. The van der Waals surface area contributed by atoms with Crippen LogP contribution in [0.25, 0.3) is 0 Å².